The molecule has 1 aromatic heterocycles. The van der Waals surface area contributed by atoms with Gasteiger partial charge in [0.2, 0.25) is 5.13 Å². The molecule has 1 heterocycles. The van der Waals surface area contributed by atoms with Crippen LogP contribution in [0, 0.1) is 0 Å². The summed E-state index contributed by atoms with van der Waals surface area (Å²) >= 11 is 1.33. The number of nitrogens with zero attached hydrogens (tertiary/aromatic N) is 2. The maximum atomic E-state index is 8.55. The highest BCUT2D eigenvalue weighted by atomic mass is 32.1. The first kappa shape index (κ1) is 12.9. The van der Waals surface area contributed by atoms with Gasteiger partial charge in [0.1, 0.15) is 0 Å². The maximum absolute atomic E-state index is 8.55. The Labute approximate surface area is 110 Å². The first-order chi connectivity index (χ1) is 8.90. The van der Waals surface area contributed by atoms with Gasteiger partial charge in [-0.1, -0.05) is 30.3 Å². The lowest BCUT2D eigenvalue weighted by Gasteiger charge is -2.02. The Morgan fingerprint density at radius 3 is 2.83 bits per heavy atom. The smallest absolute Gasteiger partial charge is 0.202 e. The van der Waals surface area contributed by atoms with Gasteiger partial charge in [0.05, 0.1) is 19.8 Å². The molecular formula is C12H15N3O2S. The highest BCUT2D eigenvalue weighted by Crippen LogP contribution is 2.20. The lowest BCUT2D eigenvalue weighted by Crippen LogP contribution is -2.11. The molecule has 0 aliphatic rings. The van der Waals surface area contributed by atoms with Gasteiger partial charge in [-0.15, -0.1) is 0 Å². The first-order valence-corrected chi connectivity index (χ1v) is 6.49. The van der Waals surface area contributed by atoms with Crippen molar-refractivity contribution in [2.45, 2.75) is 0 Å². The van der Waals surface area contributed by atoms with Gasteiger partial charge < -0.3 is 15.2 Å². The predicted molar refractivity (Wildman–Crippen MR) is 71.7 cm³/mol. The zero-order valence-corrected chi connectivity index (χ0v) is 10.7. The Morgan fingerprint density at radius 2 is 2.06 bits per heavy atom. The molecule has 0 saturated heterocycles. The lowest BCUT2D eigenvalue weighted by atomic mass is 10.2. The molecule has 0 saturated carbocycles. The second-order valence-electron chi connectivity index (χ2n) is 3.55. The molecule has 0 spiro atoms. The third kappa shape index (κ3) is 3.76. The first-order valence-electron chi connectivity index (χ1n) is 5.72. The van der Waals surface area contributed by atoms with Gasteiger partial charge in [-0.2, -0.15) is 9.36 Å². The topological polar surface area (TPSA) is 67.3 Å². The van der Waals surface area contributed by atoms with Crippen molar-refractivity contribution in [3.63, 3.8) is 0 Å². The number of aliphatic hydroxyl groups is 1. The van der Waals surface area contributed by atoms with Crippen LogP contribution in [-0.4, -0.2) is 40.8 Å². The van der Waals surface area contributed by atoms with Crippen LogP contribution in [0.1, 0.15) is 0 Å². The summed E-state index contributed by atoms with van der Waals surface area (Å²) in [5, 5.41) is 12.5. The standard InChI is InChI=1S/C12H15N3O2S/c16-7-9-17-8-6-13-12-14-11(15-18-12)10-4-2-1-3-5-10/h1-5,16H,6-9H2,(H,13,14,15). The molecule has 0 amide bonds. The molecule has 2 N–H and O–H groups in total. The van der Waals surface area contributed by atoms with Crippen molar-refractivity contribution in [1.29, 1.82) is 0 Å². The van der Waals surface area contributed by atoms with Crippen LogP contribution in [-0.2, 0) is 4.74 Å². The summed E-state index contributed by atoms with van der Waals surface area (Å²) in [6.45, 7) is 1.62. The van der Waals surface area contributed by atoms with Gasteiger partial charge in [-0.25, -0.2) is 0 Å². The molecule has 5 nitrogen and oxygen atoms in total. The third-order valence-corrected chi connectivity index (χ3v) is 2.89. The Kier molecular flexibility index (Phi) is 5.07. The van der Waals surface area contributed by atoms with Crippen LogP contribution in [0.25, 0.3) is 11.4 Å². The summed E-state index contributed by atoms with van der Waals surface area (Å²) in [4.78, 5) is 4.39. The summed E-state index contributed by atoms with van der Waals surface area (Å²) in [6.07, 6.45) is 0. The van der Waals surface area contributed by atoms with Gasteiger partial charge >= 0.3 is 0 Å². The molecule has 0 aliphatic carbocycles. The number of ether oxygens (including phenoxy) is 1. The number of hydrogen-bond acceptors (Lipinski definition) is 6. The average molecular weight is 265 g/mol. The quantitative estimate of drug-likeness (QED) is 0.745. The zero-order valence-electron chi connectivity index (χ0n) is 9.87. The Morgan fingerprint density at radius 1 is 1.22 bits per heavy atom. The van der Waals surface area contributed by atoms with E-state index < -0.39 is 0 Å². The van der Waals surface area contributed by atoms with Crippen LogP contribution in [0.15, 0.2) is 30.3 Å². The van der Waals surface area contributed by atoms with Crippen molar-refractivity contribution in [3.05, 3.63) is 30.3 Å². The monoisotopic (exact) mass is 265 g/mol. The van der Waals surface area contributed by atoms with E-state index in [-0.39, 0.29) is 6.61 Å². The number of anilines is 1. The number of benzene rings is 1. The van der Waals surface area contributed by atoms with E-state index in [1.807, 2.05) is 30.3 Å². The molecule has 0 unspecified atom stereocenters. The van der Waals surface area contributed by atoms with Crippen molar-refractivity contribution in [1.82, 2.24) is 9.36 Å². The minimum atomic E-state index is 0.0525. The van der Waals surface area contributed by atoms with Crippen molar-refractivity contribution in [2.75, 3.05) is 31.7 Å². The molecule has 0 atom stereocenters. The summed E-state index contributed by atoms with van der Waals surface area (Å²) < 4.78 is 9.43. The van der Waals surface area contributed by atoms with E-state index in [2.05, 4.69) is 14.7 Å². The van der Waals surface area contributed by atoms with Crippen LogP contribution >= 0.6 is 11.5 Å². The molecule has 0 aliphatic heterocycles. The van der Waals surface area contributed by atoms with Crippen molar-refractivity contribution >= 4 is 16.7 Å². The van der Waals surface area contributed by atoms with Gasteiger partial charge in [0.15, 0.2) is 5.82 Å². The molecule has 1 aromatic carbocycles. The number of nitrogens with one attached hydrogen (secondary N) is 1. The van der Waals surface area contributed by atoms with E-state index >= 15 is 0 Å². The van der Waals surface area contributed by atoms with Gasteiger partial charge in [0.25, 0.3) is 0 Å². The van der Waals surface area contributed by atoms with Crippen LogP contribution < -0.4 is 5.32 Å². The second-order valence-corrected chi connectivity index (χ2v) is 4.30. The number of hydrogen-bond donors (Lipinski definition) is 2. The average Bonchev–Trinajstić information content (AvgIpc) is 2.88. The number of rotatable bonds is 7. The van der Waals surface area contributed by atoms with Gasteiger partial charge in [-0.05, 0) is 0 Å². The van der Waals surface area contributed by atoms with Crippen LogP contribution in [0.5, 0.6) is 0 Å². The van der Waals surface area contributed by atoms with Crippen LogP contribution in [0.4, 0.5) is 5.13 Å². The third-order valence-electron chi connectivity index (χ3n) is 2.22. The largest absolute Gasteiger partial charge is 0.394 e. The lowest BCUT2D eigenvalue weighted by molar-refractivity contribution is 0.0992. The summed E-state index contributed by atoms with van der Waals surface area (Å²) in [6, 6.07) is 9.86. The summed E-state index contributed by atoms with van der Waals surface area (Å²) in [7, 11) is 0. The molecule has 2 aromatic rings. The fourth-order valence-electron chi connectivity index (χ4n) is 1.40. The van der Waals surface area contributed by atoms with Crippen LogP contribution in [0.2, 0.25) is 0 Å². The van der Waals surface area contributed by atoms with Crippen molar-refractivity contribution in [3.8, 4) is 11.4 Å². The van der Waals surface area contributed by atoms with E-state index in [4.69, 9.17) is 9.84 Å². The van der Waals surface area contributed by atoms with E-state index in [1.165, 1.54) is 11.5 Å². The summed E-state index contributed by atoms with van der Waals surface area (Å²) in [5.41, 5.74) is 1.01. The van der Waals surface area contributed by atoms with E-state index in [1.54, 1.807) is 0 Å². The molecule has 96 valence electrons. The van der Waals surface area contributed by atoms with Crippen LogP contribution in [0.3, 0.4) is 0 Å². The predicted octanol–water partition coefficient (Wildman–Crippen LogP) is 1.63. The minimum absolute atomic E-state index is 0.0525. The molecular weight excluding hydrogens is 250 g/mol. The SMILES string of the molecule is OCCOCCNc1nc(-c2ccccc2)ns1. The molecule has 0 bridgehead atoms. The number of aliphatic hydroxyl groups excluding tert-OH is 1. The minimum Gasteiger partial charge on any atom is -0.394 e. The van der Waals surface area contributed by atoms with Crippen molar-refractivity contribution in [2.24, 2.45) is 0 Å². The molecule has 18 heavy (non-hydrogen) atoms. The Balaban J connectivity index is 1.83. The second kappa shape index (κ2) is 7.05. The molecule has 0 radical (unpaired) electrons. The molecule has 6 heteroatoms. The highest BCUT2D eigenvalue weighted by Gasteiger charge is 2.04. The van der Waals surface area contributed by atoms with Gasteiger partial charge in [-0.3, -0.25) is 0 Å². The van der Waals surface area contributed by atoms with E-state index in [0.29, 0.717) is 19.8 Å². The normalized spacial score (nSPS) is 10.5. The molecule has 2 rings (SSSR count). The summed E-state index contributed by atoms with van der Waals surface area (Å²) in [5.74, 6) is 0.736. The Hall–Kier alpha value is -1.50. The molecule has 0 fully saturated rings. The number of aromatic nitrogens is 2. The highest BCUT2D eigenvalue weighted by molar-refractivity contribution is 7.09. The Bertz CT molecular complexity index is 461. The maximum Gasteiger partial charge on any atom is 0.202 e. The van der Waals surface area contributed by atoms with E-state index in [0.717, 1.165) is 16.5 Å². The zero-order chi connectivity index (χ0) is 12.6. The fourth-order valence-corrected chi connectivity index (χ4v) is 2.01. The fraction of sp³-hybridized carbons (Fsp3) is 0.333. The van der Waals surface area contributed by atoms with E-state index in [9.17, 15) is 0 Å². The van der Waals surface area contributed by atoms with Gasteiger partial charge in [0, 0.05) is 23.6 Å². The van der Waals surface area contributed by atoms with Crippen molar-refractivity contribution < 1.29 is 9.84 Å².